The maximum absolute atomic E-state index is 12.2. The van der Waals surface area contributed by atoms with Gasteiger partial charge in [-0.05, 0) is 12.1 Å². The molecule has 7 heteroatoms. The number of para-hydroxylation sites is 1. The first kappa shape index (κ1) is 13.2. The number of carboxylic acids is 1. The number of carbonyl (C=O) groups is 2. The molecule has 1 amide bonds. The lowest BCUT2D eigenvalue weighted by Gasteiger charge is -2.21. The van der Waals surface area contributed by atoms with Gasteiger partial charge in [-0.1, -0.05) is 6.07 Å². The molecule has 1 aliphatic rings. The minimum Gasteiger partial charge on any atom is -0.504 e. The summed E-state index contributed by atoms with van der Waals surface area (Å²) in [4.78, 5) is 24.2. The summed E-state index contributed by atoms with van der Waals surface area (Å²) in [5, 5.41) is 37.4. The Kier molecular flexibility index (Phi) is 3.30. The summed E-state index contributed by atoms with van der Waals surface area (Å²) in [5.41, 5.74) is -0.194. The highest BCUT2D eigenvalue weighted by Crippen LogP contribution is 2.31. The van der Waals surface area contributed by atoms with Crippen LogP contribution < -0.4 is 0 Å². The minimum absolute atomic E-state index is 0.0549. The van der Waals surface area contributed by atoms with Crippen molar-refractivity contribution in [1.82, 2.24) is 4.90 Å². The highest BCUT2D eigenvalue weighted by molar-refractivity contribution is 5.99. The maximum atomic E-state index is 12.2. The molecule has 0 aliphatic carbocycles. The Morgan fingerprint density at radius 2 is 1.95 bits per heavy atom. The van der Waals surface area contributed by atoms with Crippen LogP contribution in [-0.4, -0.2) is 55.9 Å². The molecule has 0 bridgehead atoms. The van der Waals surface area contributed by atoms with E-state index in [-0.39, 0.29) is 18.5 Å². The van der Waals surface area contributed by atoms with Gasteiger partial charge < -0.3 is 25.3 Å². The molecule has 2 rings (SSSR count). The number of nitrogens with zero attached hydrogens (tertiary/aromatic N) is 1. The van der Waals surface area contributed by atoms with Gasteiger partial charge in [-0.25, -0.2) is 4.79 Å². The zero-order valence-corrected chi connectivity index (χ0v) is 9.85. The lowest BCUT2D eigenvalue weighted by Crippen LogP contribution is -2.40. The zero-order chi connectivity index (χ0) is 14.2. The minimum atomic E-state index is -1.22. The Morgan fingerprint density at radius 3 is 2.58 bits per heavy atom. The molecular formula is C12H13NO6. The maximum Gasteiger partial charge on any atom is 0.326 e. The number of aliphatic carboxylic acids is 1. The quantitative estimate of drug-likeness (QED) is 0.549. The summed E-state index contributed by atoms with van der Waals surface area (Å²) in [6, 6.07) is 2.72. The summed E-state index contributed by atoms with van der Waals surface area (Å²) in [5.74, 6) is -3.02. The largest absolute Gasteiger partial charge is 0.504 e. The second kappa shape index (κ2) is 4.77. The van der Waals surface area contributed by atoms with Crippen molar-refractivity contribution in [3.8, 4) is 11.5 Å². The molecule has 0 aromatic heterocycles. The zero-order valence-electron chi connectivity index (χ0n) is 9.85. The van der Waals surface area contributed by atoms with Gasteiger partial charge in [0.15, 0.2) is 11.5 Å². The molecule has 1 saturated heterocycles. The Bertz CT molecular complexity index is 529. The van der Waals surface area contributed by atoms with Gasteiger partial charge in [0, 0.05) is 13.0 Å². The number of carboxylic acid groups (broad SMARTS) is 1. The van der Waals surface area contributed by atoms with E-state index >= 15 is 0 Å². The molecule has 2 atom stereocenters. The van der Waals surface area contributed by atoms with E-state index in [1.165, 1.54) is 18.2 Å². The molecule has 19 heavy (non-hydrogen) atoms. The molecular weight excluding hydrogens is 254 g/mol. The van der Waals surface area contributed by atoms with Crippen molar-refractivity contribution in [2.24, 2.45) is 0 Å². The molecule has 0 spiro atoms. The highest BCUT2D eigenvalue weighted by atomic mass is 16.4. The van der Waals surface area contributed by atoms with Gasteiger partial charge in [-0.15, -0.1) is 0 Å². The van der Waals surface area contributed by atoms with Crippen LogP contribution in [0, 0.1) is 0 Å². The number of β-amino-alcohol motifs (C(OH)–C–C–N with tert-alkyl or cyclic N) is 1. The van der Waals surface area contributed by atoms with Crippen LogP contribution in [0.25, 0.3) is 0 Å². The number of carbonyl (C=O) groups excluding carboxylic acids is 1. The number of likely N-dealkylation sites (tertiary alicyclic amines) is 1. The van der Waals surface area contributed by atoms with E-state index < -0.39 is 35.5 Å². The number of aliphatic hydroxyl groups excluding tert-OH is 1. The number of aromatic hydroxyl groups is 2. The number of hydrogen-bond acceptors (Lipinski definition) is 5. The number of amides is 1. The van der Waals surface area contributed by atoms with Crippen LogP contribution >= 0.6 is 0 Å². The fraction of sp³-hybridized carbons (Fsp3) is 0.333. The molecule has 0 saturated carbocycles. The molecule has 1 aliphatic heterocycles. The van der Waals surface area contributed by atoms with Gasteiger partial charge in [0.25, 0.3) is 5.91 Å². The second-order valence-corrected chi connectivity index (χ2v) is 4.37. The molecule has 1 aromatic rings. The summed E-state index contributed by atoms with van der Waals surface area (Å²) in [7, 11) is 0. The van der Waals surface area contributed by atoms with E-state index in [4.69, 9.17) is 5.11 Å². The normalized spacial score (nSPS) is 22.5. The Balaban J connectivity index is 2.33. The van der Waals surface area contributed by atoms with Crippen molar-refractivity contribution < 1.29 is 30.0 Å². The molecule has 0 unspecified atom stereocenters. The molecule has 1 aromatic carbocycles. The summed E-state index contributed by atoms with van der Waals surface area (Å²) in [6.45, 7) is -0.120. The van der Waals surface area contributed by atoms with Crippen molar-refractivity contribution in [2.45, 2.75) is 18.6 Å². The smallest absolute Gasteiger partial charge is 0.326 e. The Hall–Kier alpha value is -2.28. The van der Waals surface area contributed by atoms with Crippen molar-refractivity contribution in [3.05, 3.63) is 23.8 Å². The number of phenolic OH excluding ortho intramolecular Hbond substituents is 2. The van der Waals surface area contributed by atoms with Crippen LogP contribution in [0.1, 0.15) is 16.8 Å². The summed E-state index contributed by atoms with van der Waals surface area (Å²) in [6.07, 6.45) is -0.967. The van der Waals surface area contributed by atoms with E-state index in [9.17, 15) is 24.9 Å². The van der Waals surface area contributed by atoms with Gasteiger partial charge in [0.05, 0.1) is 11.7 Å². The second-order valence-electron chi connectivity index (χ2n) is 4.37. The monoisotopic (exact) mass is 267 g/mol. The van der Waals surface area contributed by atoms with E-state index in [1.54, 1.807) is 0 Å². The van der Waals surface area contributed by atoms with Crippen LogP contribution in [-0.2, 0) is 4.79 Å². The van der Waals surface area contributed by atoms with Gasteiger partial charge in [-0.3, -0.25) is 4.79 Å². The standard InChI is InChI=1S/C12H13NO6/c14-6-4-8(12(18)19)13(5-6)11(17)7-2-1-3-9(15)10(7)16/h1-3,6,8,14-16H,4-5H2,(H,18,19)/t6-,8+/m1/s1. The summed E-state index contributed by atoms with van der Waals surface area (Å²) < 4.78 is 0. The first-order chi connectivity index (χ1) is 8.91. The molecule has 1 heterocycles. The number of aliphatic hydroxyl groups is 1. The van der Waals surface area contributed by atoms with Crippen LogP contribution in [0.2, 0.25) is 0 Å². The first-order valence-electron chi connectivity index (χ1n) is 5.64. The average Bonchev–Trinajstić information content (AvgIpc) is 2.74. The van der Waals surface area contributed by atoms with Crippen LogP contribution in [0.5, 0.6) is 11.5 Å². The van der Waals surface area contributed by atoms with E-state index in [0.29, 0.717) is 0 Å². The SMILES string of the molecule is O=C(O)[C@@H]1C[C@@H](O)CN1C(=O)c1cccc(O)c1O. The van der Waals surface area contributed by atoms with Crippen LogP contribution in [0.15, 0.2) is 18.2 Å². The molecule has 1 fully saturated rings. The van der Waals surface area contributed by atoms with Crippen molar-refractivity contribution in [1.29, 1.82) is 0 Å². The fourth-order valence-corrected chi connectivity index (χ4v) is 2.13. The molecule has 0 radical (unpaired) electrons. The van der Waals surface area contributed by atoms with Crippen molar-refractivity contribution in [2.75, 3.05) is 6.54 Å². The highest BCUT2D eigenvalue weighted by Gasteiger charge is 2.40. The van der Waals surface area contributed by atoms with Gasteiger partial charge in [0.2, 0.25) is 0 Å². The van der Waals surface area contributed by atoms with E-state index in [0.717, 1.165) is 4.90 Å². The molecule has 7 nitrogen and oxygen atoms in total. The van der Waals surface area contributed by atoms with E-state index in [1.807, 2.05) is 0 Å². The van der Waals surface area contributed by atoms with Gasteiger partial charge in [-0.2, -0.15) is 0 Å². The van der Waals surface area contributed by atoms with Crippen LogP contribution in [0.3, 0.4) is 0 Å². The third kappa shape index (κ3) is 2.32. The topological polar surface area (TPSA) is 118 Å². The van der Waals surface area contributed by atoms with Crippen molar-refractivity contribution in [3.63, 3.8) is 0 Å². The van der Waals surface area contributed by atoms with Gasteiger partial charge in [0.1, 0.15) is 6.04 Å². The fourth-order valence-electron chi connectivity index (χ4n) is 2.13. The number of rotatable bonds is 2. The third-order valence-electron chi connectivity index (χ3n) is 3.07. The summed E-state index contributed by atoms with van der Waals surface area (Å²) >= 11 is 0. The lowest BCUT2D eigenvalue weighted by atomic mass is 10.1. The number of hydrogen-bond donors (Lipinski definition) is 4. The van der Waals surface area contributed by atoms with E-state index in [2.05, 4.69) is 0 Å². The van der Waals surface area contributed by atoms with Crippen molar-refractivity contribution >= 4 is 11.9 Å². The number of phenols is 2. The van der Waals surface area contributed by atoms with Crippen LogP contribution in [0.4, 0.5) is 0 Å². The Labute approximate surface area is 108 Å². The third-order valence-corrected chi connectivity index (χ3v) is 3.07. The first-order valence-corrected chi connectivity index (χ1v) is 5.64. The number of benzene rings is 1. The lowest BCUT2D eigenvalue weighted by molar-refractivity contribution is -0.141. The van der Waals surface area contributed by atoms with Gasteiger partial charge >= 0.3 is 5.97 Å². The average molecular weight is 267 g/mol. The molecule has 102 valence electrons. The Morgan fingerprint density at radius 1 is 1.26 bits per heavy atom. The predicted octanol–water partition coefficient (Wildman–Crippen LogP) is -0.242. The molecule has 4 N–H and O–H groups in total. The predicted molar refractivity (Wildman–Crippen MR) is 62.9 cm³/mol.